The Morgan fingerprint density at radius 3 is 2.38 bits per heavy atom. The summed E-state index contributed by atoms with van der Waals surface area (Å²) in [5, 5.41) is 20.2. The molecule has 112 valence electrons. The maximum absolute atomic E-state index is 10.3. The Morgan fingerprint density at radius 2 is 1.67 bits per heavy atom. The van der Waals surface area contributed by atoms with E-state index in [4.69, 9.17) is 4.74 Å². The van der Waals surface area contributed by atoms with Crippen molar-refractivity contribution in [1.82, 2.24) is 0 Å². The van der Waals surface area contributed by atoms with Gasteiger partial charge in [0.25, 0.3) is 0 Å². The third kappa shape index (κ3) is 4.15. The van der Waals surface area contributed by atoms with Crippen molar-refractivity contribution < 1.29 is 14.9 Å². The van der Waals surface area contributed by atoms with Crippen molar-refractivity contribution in [2.45, 2.75) is 39.0 Å². The first-order valence-corrected chi connectivity index (χ1v) is 7.49. The van der Waals surface area contributed by atoms with E-state index < -0.39 is 0 Å². The molecule has 2 rings (SSSR count). The summed E-state index contributed by atoms with van der Waals surface area (Å²) >= 11 is 0. The second kappa shape index (κ2) is 7.58. The number of phenolic OH excluding ortho intramolecular Hbond substituents is 2. The van der Waals surface area contributed by atoms with Crippen molar-refractivity contribution >= 4 is 0 Å². The van der Waals surface area contributed by atoms with Crippen molar-refractivity contribution in [3.8, 4) is 23.0 Å². The first-order chi connectivity index (χ1) is 10.2. The van der Waals surface area contributed by atoms with Crippen molar-refractivity contribution in [2.75, 3.05) is 0 Å². The molecule has 0 aliphatic rings. The first-order valence-electron chi connectivity index (χ1n) is 7.49. The summed E-state index contributed by atoms with van der Waals surface area (Å²) in [7, 11) is 0. The van der Waals surface area contributed by atoms with E-state index in [0.29, 0.717) is 5.75 Å². The van der Waals surface area contributed by atoms with Crippen LogP contribution in [0.5, 0.6) is 23.0 Å². The van der Waals surface area contributed by atoms with E-state index in [-0.39, 0.29) is 17.2 Å². The van der Waals surface area contributed by atoms with Crippen LogP contribution in [-0.4, -0.2) is 10.2 Å². The van der Waals surface area contributed by atoms with Crippen molar-refractivity contribution in [2.24, 2.45) is 0 Å². The molecule has 0 aliphatic heterocycles. The Morgan fingerprint density at radius 1 is 0.905 bits per heavy atom. The highest BCUT2D eigenvalue weighted by Gasteiger charge is 2.14. The molecule has 3 heteroatoms. The molecule has 0 unspecified atom stereocenters. The number of unbranched alkanes of at least 4 members (excludes halogenated alkanes) is 3. The zero-order valence-corrected chi connectivity index (χ0v) is 12.4. The molecule has 0 fully saturated rings. The second-order valence-corrected chi connectivity index (χ2v) is 5.15. The summed E-state index contributed by atoms with van der Waals surface area (Å²) in [4.78, 5) is 0. The van der Waals surface area contributed by atoms with E-state index in [1.807, 2.05) is 18.2 Å². The van der Waals surface area contributed by atoms with Crippen LogP contribution in [0.1, 0.15) is 38.2 Å². The fourth-order valence-corrected chi connectivity index (χ4v) is 2.25. The number of para-hydroxylation sites is 1. The topological polar surface area (TPSA) is 49.7 Å². The average Bonchev–Trinajstić information content (AvgIpc) is 2.51. The lowest BCUT2D eigenvalue weighted by Gasteiger charge is -2.12. The van der Waals surface area contributed by atoms with Gasteiger partial charge in [0.15, 0.2) is 11.5 Å². The number of aromatic hydroxyl groups is 2. The minimum absolute atomic E-state index is 0.0374. The summed E-state index contributed by atoms with van der Waals surface area (Å²) in [6.45, 7) is 2.17. The lowest BCUT2D eigenvalue weighted by atomic mass is 10.0. The minimum atomic E-state index is -0.0475. The van der Waals surface area contributed by atoms with Gasteiger partial charge in [-0.2, -0.15) is 0 Å². The number of benzene rings is 2. The van der Waals surface area contributed by atoms with Crippen LogP contribution in [0.4, 0.5) is 0 Å². The third-order valence-corrected chi connectivity index (χ3v) is 3.46. The molecule has 0 saturated carbocycles. The van der Waals surface area contributed by atoms with Gasteiger partial charge in [0.05, 0.1) is 0 Å². The number of rotatable bonds is 7. The summed E-state index contributed by atoms with van der Waals surface area (Å²) in [5.74, 6) is 0.712. The molecule has 0 aromatic heterocycles. The van der Waals surface area contributed by atoms with Gasteiger partial charge in [0, 0.05) is 0 Å². The van der Waals surface area contributed by atoms with Crippen molar-refractivity contribution in [3.05, 3.63) is 48.0 Å². The molecule has 0 spiro atoms. The number of hydrogen-bond acceptors (Lipinski definition) is 3. The highest BCUT2D eigenvalue weighted by molar-refractivity contribution is 5.55. The lowest BCUT2D eigenvalue weighted by Crippen LogP contribution is -1.91. The molecular weight excluding hydrogens is 264 g/mol. The summed E-state index contributed by atoms with van der Waals surface area (Å²) < 4.78 is 5.61. The molecule has 0 bridgehead atoms. The van der Waals surface area contributed by atoms with Gasteiger partial charge in [-0.25, -0.2) is 0 Å². The molecule has 21 heavy (non-hydrogen) atoms. The van der Waals surface area contributed by atoms with E-state index >= 15 is 0 Å². The largest absolute Gasteiger partial charge is 0.504 e. The Bertz CT molecular complexity index is 564. The molecule has 2 aromatic rings. The van der Waals surface area contributed by atoms with Crippen LogP contribution in [0, 0.1) is 0 Å². The van der Waals surface area contributed by atoms with Crippen LogP contribution in [0.3, 0.4) is 0 Å². The maximum atomic E-state index is 10.3. The maximum Gasteiger partial charge on any atom is 0.210 e. The van der Waals surface area contributed by atoms with Crippen LogP contribution in [0.2, 0.25) is 0 Å². The second-order valence-electron chi connectivity index (χ2n) is 5.15. The molecule has 0 amide bonds. The highest BCUT2D eigenvalue weighted by atomic mass is 16.5. The van der Waals surface area contributed by atoms with Crippen LogP contribution >= 0.6 is 0 Å². The SMILES string of the molecule is CCCCCCc1ccc(O)c(Oc2ccccc2)c1O. The first kappa shape index (κ1) is 15.2. The third-order valence-electron chi connectivity index (χ3n) is 3.46. The molecule has 2 N–H and O–H groups in total. The molecule has 0 aliphatic carbocycles. The zero-order valence-electron chi connectivity index (χ0n) is 12.4. The highest BCUT2D eigenvalue weighted by Crippen LogP contribution is 2.41. The smallest absolute Gasteiger partial charge is 0.210 e. The van der Waals surface area contributed by atoms with Gasteiger partial charge in [-0.05, 0) is 36.6 Å². The minimum Gasteiger partial charge on any atom is -0.504 e. The van der Waals surface area contributed by atoms with Gasteiger partial charge in [0.2, 0.25) is 5.75 Å². The van der Waals surface area contributed by atoms with E-state index in [1.54, 1.807) is 24.3 Å². The number of hydrogen-bond donors (Lipinski definition) is 2. The molecule has 2 aromatic carbocycles. The molecular formula is C18H22O3. The Kier molecular flexibility index (Phi) is 5.50. The fourth-order valence-electron chi connectivity index (χ4n) is 2.25. The fraction of sp³-hybridized carbons (Fsp3) is 0.333. The van der Waals surface area contributed by atoms with Crippen molar-refractivity contribution in [3.63, 3.8) is 0 Å². The van der Waals surface area contributed by atoms with E-state index in [9.17, 15) is 10.2 Å². The van der Waals surface area contributed by atoms with E-state index in [2.05, 4.69) is 6.92 Å². The van der Waals surface area contributed by atoms with Gasteiger partial charge < -0.3 is 14.9 Å². The molecule has 3 nitrogen and oxygen atoms in total. The van der Waals surface area contributed by atoms with Gasteiger partial charge in [-0.15, -0.1) is 0 Å². The number of aryl methyl sites for hydroxylation is 1. The standard InChI is InChI=1S/C18H22O3/c1-2-3-4-6-9-14-12-13-16(19)18(17(14)20)21-15-10-7-5-8-11-15/h5,7-8,10-13,19-20H,2-4,6,9H2,1H3. The number of ether oxygens (including phenoxy) is 1. The molecule has 0 heterocycles. The Hall–Kier alpha value is -2.16. The normalized spacial score (nSPS) is 10.5. The van der Waals surface area contributed by atoms with Crippen LogP contribution in [0.15, 0.2) is 42.5 Å². The van der Waals surface area contributed by atoms with Gasteiger partial charge >= 0.3 is 0 Å². The van der Waals surface area contributed by atoms with Gasteiger partial charge in [-0.3, -0.25) is 0 Å². The summed E-state index contributed by atoms with van der Waals surface area (Å²) in [6, 6.07) is 12.5. The van der Waals surface area contributed by atoms with E-state index in [1.165, 1.54) is 12.8 Å². The monoisotopic (exact) mass is 286 g/mol. The average molecular weight is 286 g/mol. The van der Waals surface area contributed by atoms with Crippen molar-refractivity contribution in [1.29, 1.82) is 0 Å². The quantitative estimate of drug-likeness (QED) is 0.703. The Balaban J connectivity index is 2.13. The van der Waals surface area contributed by atoms with E-state index in [0.717, 1.165) is 24.8 Å². The summed E-state index contributed by atoms with van der Waals surface area (Å²) in [6.07, 6.45) is 5.34. The molecule has 0 saturated heterocycles. The van der Waals surface area contributed by atoms with Crippen LogP contribution in [0.25, 0.3) is 0 Å². The van der Waals surface area contributed by atoms with Gasteiger partial charge in [0.1, 0.15) is 5.75 Å². The van der Waals surface area contributed by atoms with Crippen LogP contribution < -0.4 is 4.74 Å². The molecule has 0 atom stereocenters. The Labute approximate surface area is 125 Å². The predicted octanol–water partition coefficient (Wildman–Crippen LogP) is 5.01. The predicted molar refractivity (Wildman–Crippen MR) is 84.1 cm³/mol. The summed E-state index contributed by atoms with van der Waals surface area (Å²) in [5.41, 5.74) is 0.815. The zero-order chi connectivity index (χ0) is 15.1. The number of phenols is 2. The lowest BCUT2D eigenvalue weighted by molar-refractivity contribution is 0.373. The molecule has 0 radical (unpaired) electrons. The van der Waals surface area contributed by atoms with Gasteiger partial charge in [-0.1, -0.05) is 50.5 Å². The van der Waals surface area contributed by atoms with Crippen LogP contribution in [-0.2, 0) is 6.42 Å².